The molecule has 1 heterocycles. The zero-order valence-electron chi connectivity index (χ0n) is 12.4. The van der Waals surface area contributed by atoms with E-state index in [0.717, 1.165) is 0 Å². The van der Waals surface area contributed by atoms with E-state index in [1.54, 1.807) is 12.1 Å². The highest BCUT2D eigenvalue weighted by atomic mass is 35.5. The van der Waals surface area contributed by atoms with Gasteiger partial charge in [-0.15, -0.1) is 0 Å². The first kappa shape index (κ1) is 18.6. The highest BCUT2D eigenvalue weighted by molar-refractivity contribution is 6.42. The molecule has 2 rings (SSSR count). The molecule has 0 amide bonds. The molecule has 2 aromatic rings. The number of nitrogens with one attached hydrogen (secondary N) is 2. The molecule has 130 valence electrons. The van der Waals surface area contributed by atoms with Crippen LogP contribution in [-0.2, 0) is 10.9 Å². The van der Waals surface area contributed by atoms with E-state index in [1.165, 1.54) is 13.2 Å². The smallest absolute Gasteiger partial charge is 0.383 e. The first-order valence-electron chi connectivity index (χ1n) is 6.70. The second kappa shape index (κ2) is 7.87. The van der Waals surface area contributed by atoms with Crippen LogP contribution < -0.4 is 10.6 Å². The van der Waals surface area contributed by atoms with Gasteiger partial charge in [-0.2, -0.15) is 18.2 Å². The molecule has 1 aromatic carbocycles. The summed E-state index contributed by atoms with van der Waals surface area (Å²) in [7, 11) is 1.45. The maximum absolute atomic E-state index is 13.0. The third-order valence-electron chi connectivity index (χ3n) is 2.87. The lowest BCUT2D eigenvalue weighted by Crippen LogP contribution is -2.16. The number of rotatable bonds is 6. The minimum atomic E-state index is -4.57. The van der Waals surface area contributed by atoms with Gasteiger partial charge in [0.15, 0.2) is 0 Å². The molecule has 0 spiro atoms. The first-order valence-corrected chi connectivity index (χ1v) is 7.46. The van der Waals surface area contributed by atoms with Crippen LogP contribution in [0, 0.1) is 0 Å². The summed E-state index contributed by atoms with van der Waals surface area (Å²) in [5.74, 6) is -0.349. The van der Waals surface area contributed by atoms with Gasteiger partial charge in [0.1, 0.15) is 11.4 Å². The van der Waals surface area contributed by atoms with Crippen molar-refractivity contribution in [2.75, 3.05) is 30.9 Å². The van der Waals surface area contributed by atoms with E-state index in [4.69, 9.17) is 27.9 Å². The molecular weight excluding hydrogens is 368 g/mol. The Hall–Kier alpha value is -1.77. The van der Waals surface area contributed by atoms with Crippen molar-refractivity contribution in [3.8, 4) is 0 Å². The van der Waals surface area contributed by atoms with Crippen molar-refractivity contribution in [2.45, 2.75) is 6.18 Å². The van der Waals surface area contributed by atoms with Crippen LogP contribution in [0.25, 0.3) is 0 Å². The Morgan fingerprint density at radius 1 is 1.21 bits per heavy atom. The van der Waals surface area contributed by atoms with Crippen LogP contribution in [0.1, 0.15) is 5.56 Å². The zero-order valence-corrected chi connectivity index (χ0v) is 13.9. The molecule has 0 unspecified atom stereocenters. The number of hydrogen-bond acceptors (Lipinski definition) is 5. The van der Waals surface area contributed by atoms with Crippen molar-refractivity contribution in [3.05, 3.63) is 40.0 Å². The van der Waals surface area contributed by atoms with Gasteiger partial charge in [-0.1, -0.05) is 23.2 Å². The van der Waals surface area contributed by atoms with E-state index >= 15 is 0 Å². The number of halogens is 5. The number of nitrogens with zero attached hydrogens (tertiary/aromatic N) is 2. The Balaban J connectivity index is 2.27. The Morgan fingerprint density at radius 2 is 1.96 bits per heavy atom. The number of hydrogen-bond donors (Lipinski definition) is 2. The molecule has 2 N–H and O–H groups in total. The minimum absolute atomic E-state index is 0.0127. The third-order valence-corrected chi connectivity index (χ3v) is 3.61. The first-order chi connectivity index (χ1) is 11.3. The lowest BCUT2D eigenvalue weighted by atomic mass is 10.3. The average molecular weight is 381 g/mol. The maximum Gasteiger partial charge on any atom is 0.421 e. The number of alkyl halides is 3. The molecular formula is C14H13Cl2F3N4O. The molecule has 0 radical (unpaired) electrons. The summed E-state index contributed by atoms with van der Waals surface area (Å²) < 4.78 is 43.8. The molecule has 0 bridgehead atoms. The standard InChI is InChI=1S/C14H13Cl2F3N4O/c1-24-5-4-20-12-9(14(17,18)19)7-21-13(23-12)22-8-2-3-10(15)11(16)6-8/h2-3,6-7H,4-5H2,1H3,(H2,20,21,22,23). The van der Waals surface area contributed by atoms with Gasteiger partial charge in [-0.05, 0) is 18.2 Å². The molecule has 5 nitrogen and oxygen atoms in total. The minimum Gasteiger partial charge on any atom is -0.383 e. The van der Waals surface area contributed by atoms with Gasteiger partial charge in [0.05, 0.1) is 16.7 Å². The zero-order chi connectivity index (χ0) is 17.7. The van der Waals surface area contributed by atoms with E-state index in [2.05, 4.69) is 20.6 Å². The van der Waals surface area contributed by atoms with Crippen molar-refractivity contribution in [1.82, 2.24) is 9.97 Å². The predicted octanol–water partition coefficient (Wildman–Crippen LogP) is 4.60. The summed E-state index contributed by atoms with van der Waals surface area (Å²) in [6.45, 7) is 0.402. The van der Waals surface area contributed by atoms with Crippen molar-refractivity contribution in [3.63, 3.8) is 0 Å². The molecule has 24 heavy (non-hydrogen) atoms. The van der Waals surface area contributed by atoms with E-state index in [-0.39, 0.29) is 24.9 Å². The van der Waals surface area contributed by atoms with Crippen LogP contribution in [0.2, 0.25) is 10.0 Å². The lowest BCUT2D eigenvalue weighted by Gasteiger charge is -2.14. The normalized spacial score (nSPS) is 11.4. The SMILES string of the molecule is COCCNc1nc(Nc2ccc(Cl)c(Cl)c2)ncc1C(F)(F)F. The summed E-state index contributed by atoms with van der Waals surface area (Å²) in [4.78, 5) is 7.57. The molecule has 0 saturated heterocycles. The molecule has 10 heteroatoms. The summed E-state index contributed by atoms with van der Waals surface area (Å²) in [5, 5.41) is 6.02. The largest absolute Gasteiger partial charge is 0.421 e. The van der Waals surface area contributed by atoms with E-state index in [1.807, 2.05) is 0 Å². The van der Waals surface area contributed by atoms with E-state index < -0.39 is 11.7 Å². The van der Waals surface area contributed by atoms with E-state index in [0.29, 0.717) is 21.9 Å². The average Bonchev–Trinajstić information content (AvgIpc) is 2.50. The fraction of sp³-hybridized carbons (Fsp3) is 0.286. The predicted molar refractivity (Wildman–Crippen MR) is 87.1 cm³/mol. The summed E-state index contributed by atoms with van der Waals surface area (Å²) in [5.41, 5.74) is -0.467. The van der Waals surface area contributed by atoms with Crippen LogP contribution in [0.15, 0.2) is 24.4 Å². The molecule has 0 aliphatic rings. The van der Waals surface area contributed by atoms with Gasteiger partial charge in [-0.3, -0.25) is 0 Å². The Labute approximate surface area is 146 Å². The lowest BCUT2D eigenvalue weighted by molar-refractivity contribution is -0.137. The van der Waals surface area contributed by atoms with Crippen LogP contribution in [0.4, 0.5) is 30.6 Å². The van der Waals surface area contributed by atoms with Crippen molar-refractivity contribution >= 4 is 40.7 Å². The van der Waals surface area contributed by atoms with Crippen molar-refractivity contribution < 1.29 is 17.9 Å². The van der Waals surface area contributed by atoms with Crippen LogP contribution in [-0.4, -0.2) is 30.2 Å². The maximum atomic E-state index is 13.0. The van der Waals surface area contributed by atoms with Gasteiger partial charge >= 0.3 is 6.18 Å². The number of ether oxygens (including phenoxy) is 1. The number of benzene rings is 1. The number of anilines is 3. The van der Waals surface area contributed by atoms with Gasteiger partial charge in [-0.25, -0.2) is 4.98 Å². The van der Waals surface area contributed by atoms with Crippen LogP contribution >= 0.6 is 23.2 Å². The van der Waals surface area contributed by atoms with Gasteiger partial charge in [0, 0.05) is 25.5 Å². The second-order valence-electron chi connectivity index (χ2n) is 4.63. The quantitative estimate of drug-likeness (QED) is 0.716. The summed E-state index contributed by atoms with van der Waals surface area (Å²) in [6.07, 6.45) is -3.86. The number of aromatic nitrogens is 2. The van der Waals surface area contributed by atoms with Gasteiger partial charge in [0.25, 0.3) is 0 Å². The van der Waals surface area contributed by atoms with Gasteiger partial charge < -0.3 is 15.4 Å². The fourth-order valence-electron chi connectivity index (χ4n) is 1.76. The molecule has 0 saturated carbocycles. The Morgan fingerprint density at radius 3 is 2.58 bits per heavy atom. The Kier molecular flexibility index (Phi) is 6.09. The molecule has 0 aliphatic carbocycles. The summed E-state index contributed by atoms with van der Waals surface area (Å²) in [6, 6.07) is 4.67. The highest BCUT2D eigenvalue weighted by Crippen LogP contribution is 2.34. The summed E-state index contributed by atoms with van der Waals surface area (Å²) >= 11 is 11.7. The van der Waals surface area contributed by atoms with Crippen LogP contribution in [0.5, 0.6) is 0 Å². The Bertz CT molecular complexity index is 713. The molecule has 0 fully saturated rings. The fourth-order valence-corrected chi connectivity index (χ4v) is 2.06. The van der Waals surface area contributed by atoms with Crippen molar-refractivity contribution in [2.24, 2.45) is 0 Å². The second-order valence-corrected chi connectivity index (χ2v) is 5.44. The van der Waals surface area contributed by atoms with Gasteiger partial charge in [0.2, 0.25) is 5.95 Å². The topological polar surface area (TPSA) is 59.1 Å². The molecule has 0 atom stereocenters. The monoisotopic (exact) mass is 380 g/mol. The third kappa shape index (κ3) is 4.86. The van der Waals surface area contributed by atoms with Crippen molar-refractivity contribution in [1.29, 1.82) is 0 Å². The highest BCUT2D eigenvalue weighted by Gasteiger charge is 2.35. The molecule has 1 aromatic heterocycles. The van der Waals surface area contributed by atoms with E-state index in [9.17, 15) is 13.2 Å². The van der Waals surface area contributed by atoms with Crippen LogP contribution in [0.3, 0.4) is 0 Å². The number of methoxy groups -OCH3 is 1. The molecule has 0 aliphatic heterocycles.